The molecular formula is C10H18O. The monoisotopic (exact) mass is 154 g/mol. The molecule has 1 nitrogen and oxygen atoms in total. The summed E-state index contributed by atoms with van der Waals surface area (Å²) in [4.78, 5) is 11.2. The van der Waals surface area contributed by atoms with Gasteiger partial charge in [-0.1, -0.05) is 20.8 Å². The third-order valence-electron chi connectivity index (χ3n) is 2.46. The van der Waals surface area contributed by atoms with E-state index in [1.807, 2.05) is 6.92 Å². The van der Waals surface area contributed by atoms with Crippen molar-refractivity contribution in [3.8, 4) is 0 Å². The summed E-state index contributed by atoms with van der Waals surface area (Å²) in [7, 11) is 0. The zero-order valence-corrected chi connectivity index (χ0v) is 7.76. The maximum atomic E-state index is 11.2. The Morgan fingerprint density at radius 1 is 1.55 bits per heavy atom. The lowest BCUT2D eigenvalue weighted by molar-refractivity contribution is -0.120. The Morgan fingerprint density at radius 2 is 2.18 bits per heavy atom. The Kier molecular flexibility index (Phi) is 2.69. The first kappa shape index (κ1) is 8.76. The second-order valence-corrected chi connectivity index (χ2v) is 4.05. The molecular weight excluding hydrogens is 136 g/mol. The first-order valence-corrected chi connectivity index (χ1v) is 4.67. The first-order valence-electron chi connectivity index (χ1n) is 4.67. The van der Waals surface area contributed by atoms with E-state index < -0.39 is 0 Å². The summed E-state index contributed by atoms with van der Waals surface area (Å²) in [5, 5.41) is 0. The molecule has 1 heteroatoms. The van der Waals surface area contributed by atoms with E-state index in [1.165, 1.54) is 12.8 Å². The molecule has 1 rings (SSSR count). The summed E-state index contributed by atoms with van der Waals surface area (Å²) in [5.74, 6) is 2.43. The molecule has 1 saturated carbocycles. The number of hydrogen-bond donors (Lipinski definition) is 0. The van der Waals surface area contributed by atoms with Crippen molar-refractivity contribution in [1.82, 2.24) is 0 Å². The molecule has 0 bridgehead atoms. The largest absolute Gasteiger partial charge is 0.299 e. The predicted octanol–water partition coefficient (Wildman–Crippen LogP) is 2.65. The molecule has 1 unspecified atom stereocenters. The molecule has 64 valence electrons. The zero-order chi connectivity index (χ0) is 8.43. The lowest BCUT2D eigenvalue weighted by atomic mass is 10.0. The SMILES string of the molecule is CCC(=O)C1C[C@@H]1CC(C)C. The lowest BCUT2D eigenvalue weighted by Gasteiger charge is -2.01. The summed E-state index contributed by atoms with van der Waals surface area (Å²) in [6.07, 6.45) is 3.15. The van der Waals surface area contributed by atoms with Gasteiger partial charge < -0.3 is 0 Å². The molecule has 1 aliphatic carbocycles. The molecule has 11 heavy (non-hydrogen) atoms. The smallest absolute Gasteiger partial charge is 0.135 e. The molecule has 0 aromatic carbocycles. The average Bonchev–Trinajstić information content (AvgIpc) is 2.65. The number of rotatable bonds is 4. The molecule has 0 amide bonds. The summed E-state index contributed by atoms with van der Waals surface area (Å²) in [6, 6.07) is 0. The normalized spacial score (nSPS) is 29.1. The van der Waals surface area contributed by atoms with Crippen LogP contribution in [0.1, 0.15) is 40.0 Å². The Bertz CT molecular complexity index is 149. The second kappa shape index (κ2) is 3.38. The van der Waals surface area contributed by atoms with Gasteiger partial charge in [0.15, 0.2) is 0 Å². The van der Waals surface area contributed by atoms with E-state index in [0.717, 1.165) is 18.3 Å². The first-order chi connectivity index (χ1) is 5.15. The highest BCUT2D eigenvalue weighted by atomic mass is 16.1. The third-order valence-corrected chi connectivity index (χ3v) is 2.46. The van der Waals surface area contributed by atoms with E-state index >= 15 is 0 Å². The topological polar surface area (TPSA) is 17.1 Å². The van der Waals surface area contributed by atoms with Crippen molar-refractivity contribution in [3.05, 3.63) is 0 Å². The molecule has 0 saturated heterocycles. The van der Waals surface area contributed by atoms with Gasteiger partial charge in [-0.2, -0.15) is 0 Å². The lowest BCUT2D eigenvalue weighted by Crippen LogP contribution is -2.01. The van der Waals surface area contributed by atoms with Crippen LogP contribution in [-0.4, -0.2) is 5.78 Å². The van der Waals surface area contributed by atoms with Gasteiger partial charge in [-0.05, 0) is 24.7 Å². The van der Waals surface area contributed by atoms with Crippen LogP contribution < -0.4 is 0 Å². The number of hydrogen-bond acceptors (Lipinski definition) is 1. The number of carbonyl (C=O) groups is 1. The van der Waals surface area contributed by atoms with Crippen LogP contribution in [0.25, 0.3) is 0 Å². The van der Waals surface area contributed by atoms with Gasteiger partial charge in [-0.25, -0.2) is 0 Å². The van der Waals surface area contributed by atoms with Crippen molar-refractivity contribution in [2.75, 3.05) is 0 Å². The Morgan fingerprint density at radius 3 is 2.64 bits per heavy atom. The highest BCUT2D eigenvalue weighted by Crippen LogP contribution is 2.44. The minimum atomic E-state index is 0.447. The Hall–Kier alpha value is -0.330. The van der Waals surface area contributed by atoms with Gasteiger partial charge in [0.05, 0.1) is 0 Å². The van der Waals surface area contributed by atoms with Gasteiger partial charge in [-0.15, -0.1) is 0 Å². The molecule has 0 N–H and O–H groups in total. The molecule has 0 aromatic heterocycles. The van der Waals surface area contributed by atoms with Crippen molar-refractivity contribution in [1.29, 1.82) is 0 Å². The van der Waals surface area contributed by atoms with Gasteiger partial charge in [0.1, 0.15) is 5.78 Å². The van der Waals surface area contributed by atoms with Crippen LogP contribution >= 0.6 is 0 Å². The molecule has 0 heterocycles. The summed E-state index contributed by atoms with van der Waals surface area (Å²) in [6.45, 7) is 6.42. The van der Waals surface area contributed by atoms with E-state index in [1.54, 1.807) is 0 Å². The number of Topliss-reactive ketones (excluding diaryl/α,β-unsaturated/α-hetero) is 1. The van der Waals surface area contributed by atoms with E-state index in [9.17, 15) is 4.79 Å². The zero-order valence-electron chi connectivity index (χ0n) is 7.76. The fourth-order valence-electron chi connectivity index (χ4n) is 1.77. The average molecular weight is 154 g/mol. The second-order valence-electron chi connectivity index (χ2n) is 4.05. The maximum Gasteiger partial charge on any atom is 0.135 e. The van der Waals surface area contributed by atoms with Crippen molar-refractivity contribution in [3.63, 3.8) is 0 Å². The number of ketones is 1. The van der Waals surface area contributed by atoms with Crippen LogP contribution in [0.2, 0.25) is 0 Å². The summed E-state index contributed by atoms with van der Waals surface area (Å²) < 4.78 is 0. The fraction of sp³-hybridized carbons (Fsp3) is 0.900. The minimum absolute atomic E-state index is 0.447. The van der Waals surface area contributed by atoms with Crippen molar-refractivity contribution >= 4 is 5.78 Å². The van der Waals surface area contributed by atoms with Gasteiger partial charge in [-0.3, -0.25) is 4.79 Å². The third kappa shape index (κ3) is 2.32. The molecule has 0 radical (unpaired) electrons. The Labute approximate surface area is 69.2 Å². The summed E-state index contributed by atoms with van der Waals surface area (Å²) in [5.41, 5.74) is 0. The Balaban J connectivity index is 2.21. The number of carbonyl (C=O) groups excluding carboxylic acids is 1. The molecule has 0 aromatic rings. The summed E-state index contributed by atoms with van der Waals surface area (Å²) >= 11 is 0. The van der Waals surface area contributed by atoms with Crippen molar-refractivity contribution in [2.24, 2.45) is 17.8 Å². The molecule has 0 spiro atoms. The quantitative estimate of drug-likeness (QED) is 0.608. The van der Waals surface area contributed by atoms with E-state index in [2.05, 4.69) is 13.8 Å². The molecule has 1 fully saturated rings. The van der Waals surface area contributed by atoms with Crippen LogP contribution in [-0.2, 0) is 4.79 Å². The van der Waals surface area contributed by atoms with Crippen LogP contribution in [0.5, 0.6) is 0 Å². The predicted molar refractivity (Wildman–Crippen MR) is 46.4 cm³/mol. The molecule has 0 aliphatic heterocycles. The highest BCUT2D eigenvalue weighted by Gasteiger charge is 2.41. The van der Waals surface area contributed by atoms with Crippen molar-refractivity contribution in [2.45, 2.75) is 40.0 Å². The van der Waals surface area contributed by atoms with Crippen LogP contribution in [0, 0.1) is 17.8 Å². The van der Waals surface area contributed by atoms with Crippen LogP contribution in [0.4, 0.5) is 0 Å². The molecule has 1 aliphatic rings. The van der Waals surface area contributed by atoms with Gasteiger partial charge in [0.2, 0.25) is 0 Å². The minimum Gasteiger partial charge on any atom is -0.299 e. The highest BCUT2D eigenvalue weighted by molar-refractivity contribution is 5.83. The van der Waals surface area contributed by atoms with E-state index in [-0.39, 0.29) is 0 Å². The van der Waals surface area contributed by atoms with E-state index in [4.69, 9.17) is 0 Å². The van der Waals surface area contributed by atoms with Gasteiger partial charge in [0.25, 0.3) is 0 Å². The standard InChI is InChI=1S/C10H18O/c1-4-10(11)9-6-8(9)5-7(2)3/h7-9H,4-6H2,1-3H3/t8-,9?/m0/s1. The van der Waals surface area contributed by atoms with Crippen LogP contribution in [0.15, 0.2) is 0 Å². The fourth-order valence-corrected chi connectivity index (χ4v) is 1.77. The van der Waals surface area contributed by atoms with Crippen LogP contribution in [0.3, 0.4) is 0 Å². The van der Waals surface area contributed by atoms with Crippen molar-refractivity contribution < 1.29 is 4.79 Å². The molecule has 2 atom stereocenters. The van der Waals surface area contributed by atoms with Gasteiger partial charge >= 0.3 is 0 Å². The maximum absolute atomic E-state index is 11.2. The van der Waals surface area contributed by atoms with Gasteiger partial charge in [0, 0.05) is 12.3 Å². The van der Waals surface area contributed by atoms with E-state index in [0.29, 0.717) is 11.7 Å².